The van der Waals surface area contributed by atoms with Gasteiger partial charge in [-0.1, -0.05) is 30.3 Å². The quantitative estimate of drug-likeness (QED) is 0.731. The van der Waals surface area contributed by atoms with Crippen molar-refractivity contribution in [1.82, 2.24) is 15.6 Å². The second-order valence-electron chi connectivity index (χ2n) is 6.97. The summed E-state index contributed by atoms with van der Waals surface area (Å²) >= 11 is 0. The third kappa shape index (κ3) is 5.37. The number of nitrogens with zero attached hydrogens (tertiary/aromatic N) is 1. The fourth-order valence-corrected chi connectivity index (χ4v) is 3.67. The summed E-state index contributed by atoms with van der Waals surface area (Å²) in [5.41, 5.74) is 1.68. The van der Waals surface area contributed by atoms with Crippen molar-refractivity contribution < 1.29 is 9.59 Å². The van der Waals surface area contributed by atoms with Gasteiger partial charge in [-0.05, 0) is 44.0 Å². The minimum atomic E-state index is -0.203. The number of hydrogen-bond acceptors (Lipinski definition) is 4. The van der Waals surface area contributed by atoms with Gasteiger partial charge in [0.1, 0.15) is 0 Å². The highest BCUT2D eigenvalue weighted by Crippen LogP contribution is 2.26. The topological polar surface area (TPSA) is 83.1 Å². The molecule has 1 aromatic heterocycles. The van der Waals surface area contributed by atoms with Crippen molar-refractivity contribution in [2.75, 3.05) is 12.4 Å². The largest absolute Gasteiger partial charge is 0.353 e. The normalized spacial score (nSPS) is 22.0. The van der Waals surface area contributed by atoms with Crippen LogP contribution < -0.4 is 16.0 Å². The molecule has 1 aliphatic carbocycles. The zero-order valence-corrected chi connectivity index (χ0v) is 15.5. The molecule has 0 spiro atoms. The molecule has 0 aliphatic heterocycles. The smallest absolute Gasteiger partial charge is 0.229 e. The van der Waals surface area contributed by atoms with Gasteiger partial charge in [0.15, 0.2) is 0 Å². The molecule has 3 atom stereocenters. The van der Waals surface area contributed by atoms with E-state index < -0.39 is 0 Å². The van der Waals surface area contributed by atoms with Gasteiger partial charge in [-0.2, -0.15) is 0 Å². The van der Waals surface area contributed by atoms with E-state index in [-0.39, 0.29) is 29.8 Å². The third-order valence-electron chi connectivity index (χ3n) is 5.06. The number of aromatic nitrogens is 1. The number of nitrogens with one attached hydrogen (secondary N) is 3. The zero-order valence-electron chi connectivity index (χ0n) is 15.5. The molecule has 6 nitrogen and oxygen atoms in total. The Kier molecular flexibility index (Phi) is 6.54. The van der Waals surface area contributed by atoms with Crippen LogP contribution in [0.5, 0.6) is 0 Å². The van der Waals surface area contributed by atoms with Crippen molar-refractivity contribution in [1.29, 1.82) is 0 Å². The molecule has 6 heteroatoms. The Labute approximate surface area is 159 Å². The van der Waals surface area contributed by atoms with Crippen LogP contribution in [0.25, 0.3) is 0 Å². The van der Waals surface area contributed by atoms with E-state index in [2.05, 4.69) is 20.9 Å². The van der Waals surface area contributed by atoms with E-state index in [1.807, 2.05) is 43.4 Å². The van der Waals surface area contributed by atoms with E-state index in [9.17, 15) is 9.59 Å². The minimum absolute atomic E-state index is 0.000486. The van der Waals surface area contributed by atoms with Crippen LogP contribution in [0.1, 0.15) is 24.8 Å². The maximum atomic E-state index is 12.8. The molecular weight excluding hydrogens is 340 g/mol. The number of carbonyl (C=O) groups excluding carboxylic acids is 2. The molecule has 0 bridgehead atoms. The van der Waals surface area contributed by atoms with Crippen molar-refractivity contribution in [3.05, 3.63) is 60.4 Å². The Bertz CT molecular complexity index is 751. The fraction of sp³-hybridized carbons (Fsp3) is 0.381. The van der Waals surface area contributed by atoms with E-state index in [1.165, 1.54) is 0 Å². The first kappa shape index (κ1) is 19.0. The van der Waals surface area contributed by atoms with Gasteiger partial charge in [-0.3, -0.25) is 14.6 Å². The van der Waals surface area contributed by atoms with E-state index in [0.717, 1.165) is 18.4 Å². The lowest BCUT2D eigenvalue weighted by Gasteiger charge is -2.35. The molecule has 2 amide bonds. The molecule has 1 saturated carbocycles. The number of rotatable bonds is 6. The predicted molar refractivity (Wildman–Crippen MR) is 105 cm³/mol. The molecule has 3 N–H and O–H groups in total. The first-order chi connectivity index (χ1) is 13.2. The maximum absolute atomic E-state index is 12.8. The van der Waals surface area contributed by atoms with Gasteiger partial charge >= 0.3 is 0 Å². The highest BCUT2D eigenvalue weighted by molar-refractivity contribution is 5.93. The van der Waals surface area contributed by atoms with E-state index in [1.54, 1.807) is 18.5 Å². The predicted octanol–water partition coefficient (Wildman–Crippen LogP) is 2.14. The van der Waals surface area contributed by atoms with E-state index in [0.29, 0.717) is 18.5 Å². The average Bonchev–Trinajstić information content (AvgIpc) is 2.69. The lowest BCUT2D eigenvalue weighted by atomic mass is 9.80. The van der Waals surface area contributed by atoms with Crippen molar-refractivity contribution in [2.45, 2.75) is 37.8 Å². The van der Waals surface area contributed by atoms with Gasteiger partial charge in [0.05, 0.1) is 24.2 Å². The van der Waals surface area contributed by atoms with Crippen LogP contribution in [0, 0.1) is 5.92 Å². The molecule has 142 valence electrons. The SMILES string of the molecule is CNC1CCC(NC(=O)Cc2ccccc2)CC1C(=O)Nc1cccnc1. The fourth-order valence-electron chi connectivity index (χ4n) is 3.67. The molecule has 3 rings (SSSR count). The molecular formula is C21H26N4O2. The van der Waals surface area contributed by atoms with Gasteiger partial charge in [-0.15, -0.1) is 0 Å². The minimum Gasteiger partial charge on any atom is -0.353 e. The number of anilines is 1. The summed E-state index contributed by atoms with van der Waals surface area (Å²) in [4.78, 5) is 29.2. The lowest BCUT2D eigenvalue weighted by molar-refractivity contribution is -0.124. The molecule has 0 saturated heterocycles. The van der Waals surface area contributed by atoms with Crippen LogP contribution in [0.2, 0.25) is 0 Å². The van der Waals surface area contributed by atoms with Crippen LogP contribution in [0.3, 0.4) is 0 Å². The van der Waals surface area contributed by atoms with Crippen molar-refractivity contribution >= 4 is 17.5 Å². The van der Waals surface area contributed by atoms with E-state index >= 15 is 0 Å². The second kappa shape index (κ2) is 9.28. The van der Waals surface area contributed by atoms with Crippen LogP contribution in [0.4, 0.5) is 5.69 Å². The third-order valence-corrected chi connectivity index (χ3v) is 5.06. The number of pyridine rings is 1. The monoisotopic (exact) mass is 366 g/mol. The molecule has 1 heterocycles. The Morgan fingerprint density at radius 3 is 2.63 bits per heavy atom. The summed E-state index contributed by atoms with van der Waals surface area (Å²) in [7, 11) is 1.88. The zero-order chi connectivity index (χ0) is 19.1. The number of carbonyl (C=O) groups is 2. The molecule has 1 aliphatic rings. The summed E-state index contributed by atoms with van der Waals surface area (Å²) in [6, 6.07) is 13.4. The van der Waals surface area contributed by atoms with Gasteiger partial charge in [-0.25, -0.2) is 0 Å². The van der Waals surface area contributed by atoms with E-state index in [4.69, 9.17) is 0 Å². The van der Waals surface area contributed by atoms with Crippen LogP contribution >= 0.6 is 0 Å². The van der Waals surface area contributed by atoms with Crippen LogP contribution in [-0.4, -0.2) is 35.9 Å². The van der Waals surface area contributed by atoms with Gasteiger partial charge in [0.2, 0.25) is 11.8 Å². The highest BCUT2D eigenvalue weighted by Gasteiger charge is 2.35. The number of hydrogen-bond donors (Lipinski definition) is 3. The highest BCUT2D eigenvalue weighted by atomic mass is 16.2. The van der Waals surface area contributed by atoms with Gasteiger partial charge in [0, 0.05) is 18.3 Å². The molecule has 1 fully saturated rings. The summed E-state index contributed by atoms with van der Waals surface area (Å²) in [5, 5.41) is 9.28. The average molecular weight is 366 g/mol. The Morgan fingerprint density at radius 1 is 1.11 bits per heavy atom. The summed E-state index contributed by atoms with van der Waals surface area (Å²) < 4.78 is 0. The summed E-state index contributed by atoms with van der Waals surface area (Å²) in [6.45, 7) is 0. The van der Waals surface area contributed by atoms with Crippen molar-refractivity contribution in [2.24, 2.45) is 5.92 Å². The lowest BCUT2D eigenvalue weighted by Crippen LogP contribution is -2.50. The van der Waals surface area contributed by atoms with Crippen molar-refractivity contribution in [3.8, 4) is 0 Å². The first-order valence-electron chi connectivity index (χ1n) is 9.37. The standard InChI is InChI=1S/C21H26N4O2/c1-22-19-10-9-16(24-20(26)12-15-6-3-2-4-7-15)13-18(19)21(27)25-17-8-5-11-23-14-17/h2-8,11,14,16,18-19,22H,9-10,12-13H2,1H3,(H,24,26)(H,25,27). The van der Waals surface area contributed by atoms with Crippen LogP contribution in [-0.2, 0) is 16.0 Å². The molecule has 1 aromatic carbocycles. The van der Waals surface area contributed by atoms with Gasteiger partial charge in [0.25, 0.3) is 0 Å². The Morgan fingerprint density at radius 2 is 1.93 bits per heavy atom. The number of benzene rings is 1. The molecule has 3 unspecified atom stereocenters. The van der Waals surface area contributed by atoms with Crippen molar-refractivity contribution in [3.63, 3.8) is 0 Å². The summed E-state index contributed by atoms with van der Waals surface area (Å²) in [6.07, 6.45) is 6.00. The second-order valence-corrected chi connectivity index (χ2v) is 6.97. The maximum Gasteiger partial charge on any atom is 0.229 e. The Balaban J connectivity index is 1.58. The summed E-state index contributed by atoms with van der Waals surface area (Å²) in [5.74, 6) is -0.240. The van der Waals surface area contributed by atoms with Gasteiger partial charge < -0.3 is 16.0 Å². The van der Waals surface area contributed by atoms with Crippen LogP contribution in [0.15, 0.2) is 54.9 Å². The molecule has 27 heavy (non-hydrogen) atoms. The first-order valence-corrected chi connectivity index (χ1v) is 9.37. The molecule has 0 radical (unpaired) electrons. The Hall–Kier alpha value is -2.73. The number of amides is 2. The molecule has 2 aromatic rings.